The Morgan fingerprint density at radius 2 is 1.81 bits per heavy atom. The van der Waals surface area contributed by atoms with Crippen molar-refractivity contribution in [1.29, 1.82) is 0 Å². The molecule has 0 atom stereocenters. The second-order valence-electron chi connectivity index (χ2n) is 6.20. The van der Waals surface area contributed by atoms with Crippen molar-refractivity contribution in [3.63, 3.8) is 0 Å². The molecule has 0 saturated carbocycles. The molecule has 0 aliphatic carbocycles. The number of H-pyrrole nitrogens is 1. The van der Waals surface area contributed by atoms with Crippen LogP contribution in [0, 0.1) is 6.92 Å². The summed E-state index contributed by atoms with van der Waals surface area (Å²) in [5.41, 5.74) is 2.61. The Balaban J connectivity index is 1.56. The van der Waals surface area contributed by atoms with E-state index in [0.29, 0.717) is 23.9 Å². The third-order valence-electron chi connectivity index (χ3n) is 4.28. The highest BCUT2D eigenvalue weighted by molar-refractivity contribution is 6.03. The second kappa shape index (κ2) is 8.31. The number of ether oxygens (including phenoxy) is 1. The number of aryl methyl sites for hydroxylation is 1. The molecule has 0 unspecified atom stereocenters. The Labute approximate surface area is 156 Å². The van der Waals surface area contributed by atoms with Crippen LogP contribution in [0.15, 0.2) is 59.4 Å². The maximum absolute atomic E-state index is 12.3. The lowest BCUT2D eigenvalue weighted by Crippen LogP contribution is -2.30. The number of carbonyl (C=O) groups excluding carboxylic acids is 2. The van der Waals surface area contributed by atoms with E-state index in [1.54, 1.807) is 24.3 Å². The summed E-state index contributed by atoms with van der Waals surface area (Å²) in [4.78, 5) is 38.6. The van der Waals surface area contributed by atoms with Crippen molar-refractivity contribution in [3.8, 4) is 0 Å². The molecule has 0 saturated heterocycles. The highest BCUT2D eigenvalue weighted by Crippen LogP contribution is 2.15. The van der Waals surface area contributed by atoms with Gasteiger partial charge in [-0.05, 0) is 30.5 Å². The van der Waals surface area contributed by atoms with Gasteiger partial charge in [0.25, 0.3) is 5.91 Å². The topological polar surface area (TPSA) is 88.3 Å². The molecular formula is C21H20N2O4. The second-order valence-corrected chi connectivity index (χ2v) is 6.20. The molecule has 2 aromatic carbocycles. The normalized spacial score (nSPS) is 10.6. The van der Waals surface area contributed by atoms with Gasteiger partial charge in [-0.1, -0.05) is 42.5 Å². The van der Waals surface area contributed by atoms with Crippen molar-refractivity contribution in [2.45, 2.75) is 13.3 Å². The summed E-state index contributed by atoms with van der Waals surface area (Å²) < 4.78 is 5.08. The van der Waals surface area contributed by atoms with Gasteiger partial charge in [0, 0.05) is 23.5 Å². The number of rotatable bonds is 6. The van der Waals surface area contributed by atoms with Gasteiger partial charge in [0.05, 0.1) is 5.56 Å². The van der Waals surface area contributed by atoms with Crippen LogP contribution in [-0.4, -0.2) is 30.0 Å². The number of hydrogen-bond donors (Lipinski definition) is 2. The molecule has 6 nitrogen and oxygen atoms in total. The van der Waals surface area contributed by atoms with E-state index in [2.05, 4.69) is 10.3 Å². The molecule has 2 N–H and O–H groups in total. The molecule has 1 amide bonds. The van der Waals surface area contributed by atoms with Crippen molar-refractivity contribution < 1.29 is 14.3 Å². The van der Waals surface area contributed by atoms with Gasteiger partial charge < -0.3 is 15.0 Å². The minimum absolute atomic E-state index is 0.141. The largest absolute Gasteiger partial charge is 0.452 e. The third-order valence-corrected chi connectivity index (χ3v) is 4.28. The van der Waals surface area contributed by atoms with Crippen LogP contribution in [0.2, 0.25) is 0 Å². The molecule has 1 aromatic heterocycles. The molecule has 0 bridgehead atoms. The van der Waals surface area contributed by atoms with Crippen molar-refractivity contribution in [2.24, 2.45) is 0 Å². The van der Waals surface area contributed by atoms with E-state index < -0.39 is 18.1 Å². The van der Waals surface area contributed by atoms with Crippen LogP contribution in [0.25, 0.3) is 10.9 Å². The van der Waals surface area contributed by atoms with E-state index >= 15 is 0 Å². The highest BCUT2D eigenvalue weighted by atomic mass is 16.5. The third kappa shape index (κ3) is 4.61. The Morgan fingerprint density at radius 3 is 2.63 bits per heavy atom. The zero-order valence-corrected chi connectivity index (χ0v) is 15.0. The van der Waals surface area contributed by atoms with Crippen molar-refractivity contribution in [3.05, 3.63) is 81.6 Å². The maximum atomic E-state index is 12.3. The molecule has 0 spiro atoms. The van der Waals surface area contributed by atoms with Gasteiger partial charge in [0.15, 0.2) is 6.61 Å². The summed E-state index contributed by atoms with van der Waals surface area (Å²) in [5, 5.41) is 3.30. The van der Waals surface area contributed by atoms with Gasteiger partial charge in [-0.3, -0.25) is 9.59 Å². The number of aromatic nitrogens is 1. The Kier molecular flexibility index (Phi) is 5.66. The van der Waals surface area contributed by atoms with E-state index in [1.807, 2.05) is 31.2 Å². The smallest absolute Gasteiger partial charge is 0.339 e. The van der Waals surface area contributed by atoms with Gasteiger partial charge in [0.1, 0.15) is 0 Å². The predicted molar refractivity (Wildman–Crippen MR) is 103 cm³/mol. The maximum Gasteiger partial charge on any atom is 0.339 e. The molecule has 0 aliphatic rings. The van der Waals surface area contributed by atoms with Crippen molar-refractivity contribution >= 4 is 22.8 Å². The van der Waals surface area contributed by atoms with Crippen molar-refractivity contribution in [1.82, 2.24) is 10.3 Å². The SMILES string of the molecule is Cc1ccccc1CCNC(=O)COC(=O)c1cc(=O)[nH]c2ccccc12. The first-order valence-corrected chi connectivity index (χ1v) is 8.65. The molecule has 6 heteroatoms. The molecule has 0 fully saturated rings. The van der Waals surface area contributed by atoms with E-state index in [4.69, 9.17) is 4.74 Å². The fourth-order valence-corrected chi connectivity index (χ4v) is 2.86. The summed E-state index contributed by atoms with van der Waals surface area (Å²) >= 11 is 0. The Morgan fingerprint density at radius 1 is 1.07 bits per heavy atom. The van der Waals surface area contributed by atoms with E-state index in [-0.39, 0.29) is 11.5 Å². The summed E-state index contributed by atoms with van der Waals surface area (Å²) in [5.74, 6) is -1.09. The molecule has 1 heterocycles. The molecule has 3 rings (SSSR count). The van der Waals surface area contributed by atoms with Gasteiger partial charge >= 0.3 is 5.97 Å². The van der Waals surface area contributed by atoms with Crippen LogP contribution in [0.5, 0.6) is 0 Å². The van der Waals surface area contributed by atoms with Crippen LogP contribution >= 0.6 is 0 Å². The van der Waals surface area contributed by atoms with Crippen molar-refractivity contribution in [2.75, 3.05) is 13.2 Å². The van der Waals surface area contributed by atoms with Crippen LogP contribution in [-0.2, 0) is 16.0 Å². The lowest BCUT2D eigenvalue weighted by molar-refractivity contribution is -0.124. The van der Waals surface area contributed by atoms with E-state index in [0.717, 1.165) is 5.56 Å². The molecular weight excluding hydrogens is 344 g/mol. The number of benzene rings is 2. The first-order chi connectivity index (χ1) is 13.0. The zero-order chi connectivity index (χ0) is 19.2. The lowest BCUT2D eigenvalue weighted by atomic mass is 10.1. The molecule has 27 heavy (non-hydrogen) atoms. The summed E-state index contributed by atoms with van der Waals surface area (Å²) in [6, 6.07) is 16.1. The number of aromatic amines is 1. The number of fused-ring (bicyclic) bond motifs is 1. The highest BCUT2D eigenvalue weighted by Gasteiger charge is 2.14. The number of nitrogens with one attached hydrogen (secondary N) is 2. The molecule has 0 aliphatic heterocycles. The van der Waals surface area contributed by atoms with Crippen LogP contribution in [0.3, 0.4) is 0 Å². The standard InChI is InChI=1S/C21H20N2O4/c1-14-6-2-3-7-15(14)10-11-22-20(25)13-27-21(26)17-12-19(24)23-18-9-5-4-8-16(17)18/h2-9,12H,10-11,13H2,1H3,(H,22,25)(H,23,24). The quantitative estimate of drug-likeness (QED) is 0.657. The Hall–Kier alpha value is -3.41. The van der Waals surface area contributed by atoms with Gasteiger partial charge in [0.2, 0.25) is 5.56 Å². The monoisotopic (exact) mass is 364 g/mol. The predicted octanol–water partition coefficient (Wildman–Crippen LogP) is 2.35. The van der Waals surface area contributed by atoms with Crippen LogP contribution in [0.1, 0.15) is 21.5 Å². The number of esters is 1. The number of carbonyl (C=O) groups is 2. The molecule has 138 valence electrons. The zero-order valence-electron chi connectivity index (χ0n) is 15.0. The summed E-state index contributed by atoms with van der Waals surface area (Å²) in [6.45, 7) is 2.08. The Bertz CT molecular complexity index is 1040. The number of hydrogen-bond acceptors (Lipinski definition) is 4. The number of pyridine rings is 1. The van der Waals surface area contributed by atoms with E-state index in [9.17, 15) is 14.4 Å². The fraction of sp³-hybridized carbons (Fsp3) is 0.190. The minimum atomic E-state index is -0.702. The first kappa shape index (κ1) is 18.4. The van der Waals surface area contributed by atoms with Crippen LogP contribution < -0.4 is 10.9 Å². The van der Waals surface area contributed by atoms with Gasteiger partial charge in [-0.25, -0.2) is 4.79 Å². The van der Waals surface area contributed by atoms with Crippen LogP contribution in [0.4, 0.5) is 0 Å². The molecule has 3 aromatic rings. The summed E-state index contributed by atoms with van der Waals surface area (Å²) in [7, 11) is 0. The fourth-order valence-electron chi connectivity index (χ4n) is 2.86. The average molecular weight is 364 g/mol. The average Bonchev–Trinajstić information content (AvgIpc) is 2.67. The summed E-state index contributed by atoms with van der Waals surface area (Å²) in [6.07, 6.45) is 0.699. The molecule has 0 radical (unpaired) electrons. The first-order valence-electron chi connectivity index (χ1n) is 8.65. The number of amides is 1. The number of para-hydroxylation sites is 1. The van der Waals surface area contributed by atoms with Gasteiger partial charge in [-0.2, -0.15) is 0 Å². The minimum Gasteiger partial charge on any atom is -0.452 e. The lowest BCUT2D eigenvalue weighted by Gasteiger charge is -2.09. The van der Waals surface area contributed by atoms with Gasteiger partial charge in [-0.15, -0.1) is 0 Å². The van der Waals surface area contributed by atoms with E-state index in [1.165, 1.54) is 11.6 Å².